The lowest BCUT2D eigenvalue weighted by Gasteiger charge is -2.32. The minimum absolute atomic E-state index is 0.104. The summed E-state index contributed by atoms with van der Waals surface area (Å²) < 4.78 is 44.5. The third-order valence-electron chi connectivity index (χ3n) is 4.16. The number of benzene rings is 2. The summed E-state index contributed by atoms with van der Waals surface area (Å²) >= 11 is 0. The number of hydrogen-bond acceptors (Lipinski definition) is 4. The van der Waals surface area contributed by atoms with E-state index < -0.39 is 23.9 Å². The maximum atomic E-state index is 12.9. The van der Waals surface area contributed by atoms with Gasteiger partial charge in [0.25, 0.3) is 0 Å². The van der Waals surface area contributed by atoms with Crippen molar-refractivity contribution in [2.75, 3.05) is 6.54 Å². The minimum atomic E-state index is -4.45. The molecule has 0 spiro atoms. The van der Waals surface area contributed by atoms with Crippen molar-refractivity contribution in [3.8, 4) is 11.5 Å². The van der Waals surface area contributed by atoms with Gasteiger partial charge in [-0.25, -0.2) is 0 Å². The zero-order chi connectivity index (χ0) is 17.5. The number of phenols is 2. The molecule has 0 fully saturated rings. The lowest BCUT2D eigenvalue weighted by Crippen LogP contribution is -2.26. The molecule has 0 saturated carbocycles. The van der Waals surface area contributed by atoms with Crippen molar-refractivity contribution in [1.29, 1.82) is 0 Å². The Bertz CT molecular complexity index is 761. The van der Waals surface area contributed by atoms with E-state index in [9.17, 15) is 23.4 Å². The Kier molecular flexibility index (Phi) is 4.15. The summed E-state index contributed by atoms with van der Waals surface area (Å²) in [6.07, 6.45) is -5.57. The zero-order valence-corrected chi connectivity index (χ0v) is 12.5. The van der Waals surface area contributed by atoms with Gasteiger partial charge in [0, 0.05) is 18.5 Å². The molecular formula is C17H16F3NO3. The molecule has 4 N–H and O–H groups in total. The van der Waals surface area contributed by atoms with Crippen LogP contribution in [0.1, 0.15) is 34.5 Å². The topological polar surface area (TPSA) is 75.7 Å². The van der Waals surface area contributed by atoms with E-state index in [1.165, 1.54) is 12.1 Å². The monoisotopic (exact) mass is 339 g/mol. The number of aromatic hydroxyl groups is 2. The molecule has 2 aromatic carbocycles. The molecule has 2 atom stereocenters. The molecule has 0 bridgehead atoms. The van der Waals surface area contributed by atoms with Gasteiger partial charge in [0.15, 0.2) is 11.5 Å². The molecule has 2 unspecified atom stereocenters. The highest BCUT2D eigenvalue weighted by atomic mass is 19.4. The van der Waals surface area contributed by atoms with Gasteiger partial charge in [-0.1, -0.05) is 18.2 Å². The fourth-order valence-corrected chi connectivity index (χ4v) is 2.96. The first-order valence-corrected chi connectivity index (χ1v) is 7.37. The third kappa shape index (κ3) is 2.92. The second-order valence-electron chi connectivity index (χ2n) is 5.68. The van der Waals surface area contributed by atoms with Gasteiger partial charge in [-0.2, -0.15) is 13.2 Å². The number of rotatable bonds is 2. The molecule has 24 heavy (non-hydrogen) atoms. The van der Waals surface area contributed by atoms with E-state index in [0.29, 0.717) is 16.7 Å². The van der Waals surface area contributed by atoms with Crippen molar-refractivity contribution in [2.45, 2.75) is 24.8 Å². The Morgan fingerprint density at radius 3 is 2.58 bits per heavy atom. The van der Waals surface area contributed by atoms with Crippen LogP contribution in [-0.2, 0) is 17.3 Å². The first-order chi connectivity index (χ1) is 11.3. The van der Waals surface area contributed by atoms with Crippen LogP contribution < -0.4 is 5.73 Å². The summed E-state index contributed by atoms with van der Waals surface area (Å²) in [6, 6.07) is 7.82. The number of alkyl halides is 3. The fraction of sp³-hybridized carbons (Fsp3) is 0.294. The van der Waals surface area contributed by atoms with Gasteiger partial charge in [-0.05, 0) is 29.3 Å². The lowest BCUT2D eigenvalue weighted by atomic mass is 9.90. The predicted octanol–water partition coefficient (Wildman–Crippen LogP) is 3.43. The zero-order valence-electron chi connectivity index (χ0n) is 12.5. The van der Waals surface area contributed by atoms with E-state index >= 15 is 0 Å². The van der Waals surface area contributed by atoms with Crippen LogP contribution in [0.25, 0.3) is 0 Å². The number of fused-ring (bicyclic) bond motifs is 1. The molecule has 0 aliphatic carbocycles. The van der Waals surface area contributed by atoms with Crippen LogP contribution in [0.5, 0.6) is 11.5 Å². The van der Waals surface area contributed by atoms with Crippen molar-refractivity contribution in [3.63, 3.8) is 0 Å². The summed E-state index contributed by atoms with van der Waals surface area (Å²) in [6.45, 7) is 0.104. The van der Waals surface area contributed by atoms with E-state index in [1.807, 2.05) is 0 Å². The van der Waals surface area contributed by atoms with Gasteiger partial charge in [0.1, 0.15) is 0 Å². The first-order valence-electron chi connectivity index (χ1n) is 7.37. The van der Waals surface area contributed by atoms with Crippen molar-refractivity contribution in [1.82, 2.24) is 0 Å². The van der Waals surface area contributed by atoms with E-state index in [-0.39, 0.29) is 24.5 Å². The molecule has 1 aliphatic rings. The van der Waals surface area contributed by atoms with E-state index in [1.54, 1.807) is 12.1 Å². The number of ether oxygens (including phenoxy) is 1. The van der Waals surface area contributed by atoms with Crippen molar-refractivity contribution in [3.05, 3.63) is 58.7 Å². The fourth-order valence-electron chi connectivity index (χ4n) is 2.96. The van der Waals surface area contributed by atoms with Crippen LogP contribution >= 0.6 is 0 Å². The maximum Gasteiger partial charge on any atom is 0.416 e. The van der Waals surface area contributed by atoms with Crippen molar-refractivity contribution < 1.29 is 28.1 Å². The van der Waals surface area contributed by atoms with Crippen LogP contribution in [0.15, 0.2) is 36.4 Å². The standard InChI is InChI=1S/C17H16F3NO3/c18-17(19,20)10-3-1-2-9(6-10)14-7-12-11(15(8-21)24-14)4-5-13(22)16(12)23/h1-6,14-15,22-23H,7-8,21H2. The third-order valence-corrected chi connectivity index (χ3v) is 4.16. The Morgan fingerprint density at radius 2 is 1.92 bits per heavy atom. The molecule has 0 amide bonds. The highest BCUT2D eigenvalue weighted by Crippen LogP contribution is 2.44. The van der Waals surface area contributed by atoms with Crippen molar-refractivity contribution in [2.24, 2.45) is 5.73 Å². The Balaban J connectivity index is 2.01. The van der Waals surface area contributed by atoms with Gasteiger partial charge in [-0.3, -0.25) is 0 Å². The lowest BCUT2D eigenvalue weighted by molar-refractivity contribution is -0.137. The Hall–Kier alpha value is -2.25. The number of hydrogen-bond donors (Lipinski definition) is 3. The largest absolute Gasteiger partial charge is 0.504 e. The van der Waals surface area contributed by atoms with Crippen LogP contribution in [0.2, 0.25) is 0 Å². The smallest absolute Gasteiger partial charge is 0.416 e. The van der Waals surface area contributed by atoms with Gasteiger partial charge in [0.05, 0.1) is 17.8 Å². The molecule has 2 aromatic rings. The Labute approximate surface area is 136 Å². The molecule has 7 heteroatoms. The van der Waals surface area contributed by atoms with Crippen LogP contribution in [0.4, 0.5) is 13.2 Å². The summed E-state index contributed by atoms with van der Waals surface area (Å²) in [5.74, 6) is -0.569. The van der Waals surface area contributed by atoms with E-state index in [2.05, 4.69) is 0 Å². The summed E-state index contributed by atoms with van der Waals surface area (Å²) in [5, 5.41) is 19.7. The highest BCUT2D eigenvalue weighted by Gasteiger charge is 2.34. The van der Waals surface area contributed by atoms with Crippen molar-refractivity contribution >= 4 is 0 Å². The molecule has 0 radical (unpaired) electrons. The normalized spacial score (nSPS) is 20.7. The summed E-state index contributed by atoms with van der Waals surface area (Å²) in [5.41, 5.74) is 6.35. The molecule has 4 nitrogen and oxygen atoms in total. The number of phenolic OH excluding ortho intramolecular Hbond substituents is 2. The summed E-state index contributed by atoms with van der Waals surface area (Å²) in [7, 11) is 0. The van der Waals surface area contributed by atoms with Crippen LogP contribution in [-0.4, -0.2) is 16.8 Å². The quantitative estimate of drug-likeness (QED) is 0.733. The van der Waals surface area contributed by atoms with Gasteiger partial charge in [0.2, 0.25) is 0 Å². The maximum absolute atomic E-state index is 12.9. The molecule has 128 valence electrons. The first kappa shape index (κ1) is 16.6. The SMILES string of the molecule is NCC1OC(c2cccc(C(F)(F)F)c2)Cc2c1ccc(O)c2O. The molecule has 0 aromatic heterocycles. The molecule has 1 heterocycles. The Morgan fingerprint density at radius 1 is 1.17 bits per heavy atom. The molecule has 3 rings (SSSR count). The van der Waals surface area contributed by atoms with Gasteiger partial charge in [-0.15, -0.1) is 0 Å². The van der Waals surface area contributed by atoms with Gasteiger partial charge >= 0.3 is 6.18 Å². The summed E-state index contributed by atoms with van der Waals surface area (Å²) in [4.78, 5) is 0. The number of nitrogens with two attached hydrogens (primary N) is 1. The predicted molar refractivity (Wildman–Crippen MR) is 80.5 cm³/mol. The van der Waals surface area contributed by atoms with E-state index in [4.69, 9.17) is 10.5 Å². The number of halogens is 3. The van der Waals surface area contributed by atoms with E-state index in [0.717, 1.165) is 12.1 Å². The van der Waals surface area contributed by atoms with Crippen LogP contribution in [0, 0.1) is 0 Å². The van der Waals surface area contributed by atoms with Crippen LogP contribution in [0.3, 0.4) is 0 Å². The highest BCUT2D eigenvalue weighted by molar-refractivity contribution is 5.51. The second-order valence-corrected chi connectivity index (χ2v) is 5.68. The molecule has 0 saturated heterocycles. The second kappa shape index (κ2) is 5.99. The minimum Gasteiger partial charge on any atom is -0.504 e. The average Bonchev–Trinajstić information content (AvgIpc) is 2.56. The molecular weight excluding hydrogens is 323 g/mol. The van der Waals surface area contributed by atoms with Gasteiger partial charge < -0.3 is 20.7 Å². The average molecular weight is 339 g/mol. The molecule has 1 aliphatic heterocycles.